The summed E-state index contributed by atoms with van der Waals surface area (Å²) in [6.45, 7) is 18.7. The van der Waals surface area contributed by atoms with Crippen LogP contribution in [0.15, 0.2) is 4.52 Å². The first-order valence-corrected chi connectivity index (χ1v) is 8.65. The van der Waals surface area contributed by atoms with Gasteiger partial charge < -0.3 is 9.42 Å². The van der Waals surface area contributed by atoms with Crippen molar-refractivity contribution in [1.82, 2.24) is 19.9 Å². The van der Waals surface area contributed by atoms with Crippen LogP contribution >= 0.6 is 0 Å². The largest absolute Gasteiger partial charge is 0.338 e. The van der Waals surface area contributed by atoms with E-state index in [1.165, 1.54) is 13.0 Å². The van der Waals surface area contributed by atoms with Crippen molar-refractivity contribution in [2.75, 3.05) is 32.7 Å². The third-order valence-electron chi connectivity index (χ3n) is 4.75. The summed E-state index contributed by atoms with van der Waals surface area (Å²) >= 11 is 0. The Morgan fingerprint density at radius 2 is 2.00 bits per heavy atom. The van der Waals surface area contributed by atoms with Gasteiger partial charge >= 0.3 is 0 Å². The molecule has 1 aromatic heterocycles. The highest BCUT2D eigenvalue weighted by molar-refractivity contribution is 5.02. The van der Waals surface area contributed by atoms with Crippen molar-refractivity contribution in [3.05, 3.63) is 11.7 Å². The lowest BCUT2D eigenvalue weighted by Gasteiger charge is -2.24. The maximum absolute atomic E-state index is 5.51. The second-order valence-electron chi connectivity index (χ2n) is 7.52. The lowest BCUT2D eigenvalue weighted by Crippen LogP contribution is -2.31. The lowest BCUT2D eigenvalue weighted by atomic mass is 9.96. The second kappa shape index (κ2) is 7.09. The van der Waals surface area contributed by atoms with Gasteiger partial charge in [-0.3, -0.25) is 4.90 Å². The van der Waals surface area contributed by atoms with E-state index in [1.54, 1.807) is 0 Å². The van der Waals surface area contributed by atoms with Gasteiger partial charge in [0, 0.05) is 18.5 Å². The van der Waals surface area contributed by atoms with Gasteiger partial charge in [0.25, 0.3) is 0 Å². The van der Waals surface area contributed by atoms with Crippen LogP contribution in [0.4, 0.5) is 0 Å². The summed E-state index contributed by atoms with van der Waals surface area (Å²) < 4.78 is 5.51. The summed E-state index contributed by atoms with van der Waals surface area (Å²) in [6.07, 6.45) is 1.26. The molecule has 0 radical (unpaired) electrons. The van der Waals surface area contributed by atoms with Crippen LogP contribution in [-0.2, 0) is 5.41 Å². The molecule has 0 spiro atoms. The van der Waals surface area contributed by atoms with Gasteiger partial charge in [-0.2, -0.15) is 4.98 Å². The third-order valence-corrected chi connectivity index (χ3v) is 4.75. The van der Waals surface area contributed by atoms with Crippen molar-refractivity contribution >= 4 is 0 Å². The Kier molecular flexibility index (Phi) is 5.61. The topological polar surface area (TPSA) is 45.4 Å². The average Bonchev–Trinajstić information content (AvgIpc) is 3.12. The van der Waals surface area contributed by atoms with Gasteiger partial charge in [-0.15, -0.1) is 0 Å². The zero-order valence-electron chi connectivity index (χ0n) is 15.1. The molecule has 0 N–H and O–H groups in total. The first-order chi connectivity index (χ1) is 10.3. The van der Waals surface area contributed by atoms with Crippen molar-refractivity contribution in [3.8, 4) is 0 Å². The highest BCUT2D eigenvalue weighted by Gasteiger charge is 2.31. The standard InChI is InChI=1S/C17H32N4O/c1-7-20(8-2)11-14-9-10-21(12-14)13(3)15-18-16(19-22-15)17(4,5)6/h13-14H,7-12H2,1-6H3. The monoisotopic (exact) mass is 308 g/mol. The minimum atomic E-state index is -0.0578. The summed E-state index contributed by atoms with van der Waals surface area (Å²) in [6, 6.07) is 0.213. The Balaban J connectivity index is 1.94. The lowest BCUT2D eigenvalue weighted by molar-refractivity contribution is 0.191. The van der Waals surface area contributed by atoms with Crippen LogP contribution < -0.4 is 0 Å². The zero-order valence-corrected chi connectivity index (χ0v) is 15.1. The molecule has 2 unspecified atom stereocenters. The van der Waals surface area contributed by atoms with E-state index < -0.39 is 0 Å². The van der Waals surface area contributed by atoms with Crippen LogP contribution in [0.1, 0.15) is 65.7 Å². The van der Waals surface area contributed by atoms with Gasteiger partial charge in [0.2, 0.25) is 5.89 Å². The van der Waals surface area contributed by atoms with E-state index in [9.17, 15) is 0 Å². The third kappa shape index (κ3) is 4.07. The molecule has 0 amide bonds. The number of aromatic nitrogens is 2. The Morgan fingerprint density at radius 3 is 2.55 bits per heavy atom. The molecule has 0 aromatic carbocycles. The van der Waals surface area contributed by atoms with Crippen molar-refractivity contribution in [1.29, 1.82) is 0 Å². The average molecular weight is 308 g/mol. The maximum atomic E-state index is 5.51. The summed E-state index contributed by atoms with van der Waals surface area (Å²) in [4.78, 5) is 9.61. The second-order valence-corrected chi connectivity index (χ2v) is 7.52. The van der Waals surface area contributed by atoms with Crippen LogP contribution in [0.2, 0.25) is 0 Å². The fourth-order valence-electron chi connectivity index (χ4n) is 3.08. The molecule has 5 nitrogen and oxygen atoms in total. The Morgan fingerprint density at radius 1 is 1.32 bits per heavy atom. The molecule has 22 heavy (non-hydrogen) atoms. The molecule has 1 aromatic rings. The van der Waals surface area contributed by atoms with Crippen LogP contribution in [-0.4, -0.2) is 52.7 Å². The molecule has 126 valence electrons. The Hall–Kier alpha value is -0.940. The van der Waals surface area contributed by atoms with Crippen molar-refractivity contribution in [3.63, 3.8) is 0 Å². The van der Waals surface area contributed by atoms with Crippen LogP contribution in [0, 0.1) is 5.92 Å². The first kappa shape index (κ1) is 17.4. The first-order valence-electron chi connectivity index (χ1n) is 8.65. The van der Waals surface area contributed by atoms with Crippen LogP contribution in [0.3, 0.4) is 0 Å². The van der Waals surface area contributed by atoms with Gasteiger partial charge in [-0.05, 0) is 38.9 Å². The van der Waals surface area contributed by atoms with Gasteiger partial charge in [0.05, 0.1) is 6.04 Å². The van der Waals surface area contributed by atoms with Gasteiger partial charge in [0.15, 0.2) is 5.82 Å². The molecule has 1 aliphatic rings. The summed E-state index contributed by atoms with van der Waals surface area (Å²) in [5, 5.41) is 4.15. The summed E-state index contributed by atoms with van der Waals surface area (Å²) in [5.41, 5.74) is -0.0578. The molecule has 2 heterocycles. The number of rotatable bonds is 6. The quantitative estimate of drug-likeness (QED) is 0.808. The van der Waals surface area contributed by atoms with E-state index in [2.05, 4.69) is 61.5 Å². The fourth-order valence-corrected chi connectivity index (χ4v) is 3.08. The van der Waals surface area contributed by atoms with E-state index in [4.69, 9.17) is 4.52 Å². The molecule has 5 heteroatoms. The Labute approximate surface area is 135 Å². The zero-order chi connectivity index (χ0) is 16.3. The molecule has 1 fully saturated rings. The molecule has 0 saturated carbocycles. The highest BCUT2D eigenvalue weighted by atomic mass is 16.5. The van der Waals surface area contributed by atoms with E-state index >= 15 is 0 Å². The van der Waals surface area contributed by atoms with E-state index in [0.29, 0.717) is 0 Å². The minimum absolute atomic E-state index is 0.0578. The predicted molar refractivity (Wildman–Crippen MR) is 88.9 cm³/mol. The summed E-state index contributed by atoms with van der Waals surface area (Å²) in [5.74, 6) is 2.31. The number of likely N-dealkylation sites (tertiary alicyclic amines) is 1. The van der Waals surface area contributed by atoms with Crippen molar-refractivity contribution in [2.24, 2.45) is 5.92 Å². The maximum Gasteiger partial charge on any atom is 0.243 e. The molecule has 1 saturated heterocycles. The van der Waals surface area contributed by atoms with Gasteiger partial charge in [0.1, 0.15) is 0 Å². The number of hydrogen-bond acceptors (Lipinski definition) is 5. The van der Waals surface area contributed by atoms with E-state index in [0.717, 1.165) is 43.8 Å². The number of hydrogen-bond donors (Lipinski definition) is 0. The fraction of sp³-hybridized carbons (Fsp3) is 0.882. The smallest absolute Gasteiger partial charge is 0.243 e. The molecular formula is C17H32N4O. The Bertz CT molecular complexity index is 461. The predicted octanol–water partition coefficient (Wildman–Crippen LogP) is 3.09. The molecule has 2 atom stereocenters. The molecular weight excluding hydrogens is 276 g/mol. The minimum Gasteiger partial charge on any atom is -0.338 e. The normalized spacial score (nSPS) is 21.7. The highest BCUT2D eigenvalue weighted by Crippen LogP contribution is 2.28. The number of nitrogens with zero attached hydrogens (tertiary/aromatic N) is 4. The SMILES string of the molecule is CCN(CC)CC1CCN(C(C)c2nc(C(C)(C)C)no2)C1. The van der Waals surface area contributed by atoms with Crippen LogP contribution in [0.25, 0.3) is 0 Å². The van der Waals surface area contributed by atoms with E-state index in [-0.39, 0.29) is 11.5 Å². The van der Waals surface area contributed by atoms with Crippen LogP contribution in [0.5, 0.6) is 0 Å². The molecule has 0 aliphatic carbocycles. The van der Waals surface area contributed by atoms with Gasteiger partial charge in [-0.25, -0.2) is 0 Å². The van der Waals surface area contributed by atoms with Crippen molar-refractivity contribution in [2.45, 2.75) is 59.4 Å². The van der Waals surface area contributed by atoms with E-state index in [1.807, 2.05) is 0 Å². The molecule has 0 bridgehead atoms. The van der Waals surface area contributed by atoms with Crippen molar-refractivity contribution < 1.29 is 4.52 Å². The summed E-state index contributed by atoms with van der Waals surface area (Å²) in [7, 11) is 0. The van der Waals surface area contributed by atoms with Gasteiger partial charge in [-0.1, -0.05) is 39.8 Å². The molecule has 2 rings (SSSR count). The molecule has 1 aliphatic heterocycles.